The quantitative estimate of drug-likeness (QED) is 0.739. The Morgan fingerprint density at radius 3 is 2.79 bits per heavy atom. The Morgan fingerprint density at radius 2 is 2.21 bits per heavy atom. The van der Waals surface area contributed by atoms with E-state index in [1.54, 1.807) is 0 Å². The first kappa shape index (κ1) is 9.68. The Morgan fingerprint density at radius 1 is 1.50 bits per heavy atom. The van der Waals surface area contributed by atoms with E-state index in [0.717, 1.165) is 37.4 Å². The zero-order chi connectivity index (χ0) is 9.97. The van der Waals surface area contributed by atoms with Gasteiger partial charge in [0.1, 0.15) is 12.4 Å². The number of piperidine rings is 1. The fraction of sp³-hybridized carbons (Fsp3) is 0.700. The van der Waals surface area contributed by atoms with Gasteiger partial charge in [-0.2, -0.15) is 0 Å². The molecule has 4 heteroatoms. The molecule has 2 rings (SSSR count). The Labute approximate surface area is 83.3 Å². The van der Waals surface area contributed by atoms with Crippen LogP contribution in [0.1, 0.15) is 36.1 Å². The predicted octanol–water partition coefficient (Wildman–Crippen LogP) is 0.942. The molecule has 1 aromatic rings. The average Bonchev–Trinajstić information content (AvgIpc) is 2.61. The maximum atomic E-state index is 8.91. The molecule has 1 aliphatic heterocycles. The fourth-order valence-corrected chi connectivity index (χ4v) is 2.01. The third-order valence-electron chi connectivity index (χ3n) is 2.74. The van der Waals surface area contributed by atoms with Crippen LogP contribution in [0.2, 0.25) is 0 Å². The lowest BCUT2D eigenvalue weighted by Gasteiger charge is -2.20. The van der Waals surface area contributed by atoms with Crippen molar-refractivity contribution in [2.45, 2.75) is 32.3 Å². The highest BCUT2D eigenvalue weighted by molar-refractivity contribution is 5.14. The van der Waals surface area contributed by atoms with Gasteiger partial charge in [0, 0.05) is 5.92 Å². The van der Waals surface area contributed by atoms with Crippen molar-refractivity contribution >= 4 is 0 Å². The monoisotopic (exact) mass is 196 g/mol. The minimum atomic E-state index is -0.105. The molecule has 0 aliphatic carbocycles. The predicted molar refractivity (Wildman–Crippen MR) is 52.0 cm³/mol. The fourth-order valence-electron chi connectivity index (χ4n) is 2.01. The summed E-state index contributed by atoms with van der Waals surface area (Å²) >= 11 is 0. The van der Waals surface area contributed by atoms with E-state index in [4.69, 9.17) is 9.52 Å². The van der Waals surface area contributed by atoms with Crippen molar-refractivity contribution in [2.24, 2.45) is 0 Å². The summed E-state index contributed by atoms with van der Waals surface area (Å²) in [5, 5.41) is 12.2. The van der Waals surface area contributed by atoms with E-state index in [2.05, 4.69) is 10.3 Å². The summed E-state index contributed by atoms with van der Waals surface area (Å²) < 4.78 is 5.34. The Hall–Kier alpha value is -0.870. The van der Waals surface area contributed by atoms with Crippen molar-refractivity contribution in [2.75, 3.05) is 13.1 Å². The van der Waals surface area contributed by atoms with E-state index in [-0.39, 0.29) is 6.61 Å². The molecule has 4 nitrogen and oxygen atoms in total. The third-order valence-corrected chi connectivity index (χ3v) is 2.74. The molecule has 1 saturated heterocycles. The standard InChI is InChI=1S/C10H16N2O2/c1-7-10(12-9(6-13)14-7)8-2-4-11-5-3-8/h8,11,13H,2-6H2,1H3. The number of nitrogens with one attached hydrogen (secondary N) is 1. The highest BCUT2D eigenvalue weighted by Gasteiger charge is 2.21. The summed E-state index contributed by atoms with van der Waals surface area (Å²) in [5.74, 6) is 1.80. The lowest BCUT2D eigenvalue weighted by Crippen LogP contribution is -2.27. The van der Waals surface area contributed by atoms with Crippen LogP contribution in [0.5, 0.6) is 0 Å². The van der Waals surface area contributed by atoms with E-state index in [1.807, 2.05) is 6.92 Å². The van der Waals surface area contributed by atoms with Crippen molar-refractivity contribution in [3.8, 4) is 0 Å². The molecule has 0 saturated carbocycles. The van der Waals surface area contributed by atoms with Gasteiger partial charge in [0.2, 0.25) is 5.89 Å². The zero-order valence-corrected chi connectivity index (χ0v) is 8.42. The molecule has 0 bridgehead atoms. The summed E-state index contributed by atoms with van der Waals surface area (Å²) in [6, 6.07) is 0. The van der Waals surface area contributed by atoms with Crippen LogP contribution < -0.4 is 5.32 Å². The molecule has 78 valence electrons. The van der Waals surface area contributed by atoms with Crippen molar-refractivity contribution in [1.82, 2.24) is 10.3 Å². The molecule has 1 aromatic heterocycles. The van der Waals surface area contributed by atoms with Crippen LogP contribution in [0, 0.1) is 6.92 Å². The highest BCUT2D eigenvalue weighted by atomic mass is 16.4. The summed E-state index contributed by atoms with van der Waals surface area (Å²) in [4.78, 5) is 4.31. The molecular weight excluding hydrogens is 180 g/mol. The minimum absolute atomic E-state index is 0.105. The van der Waals surface area contributed by atoms with Crippen molar-refractivity contribution < 1.29 is 9.52 Å². The summed E-state index contributed by atoms with van der Waals surface area (Å²) in [6.45, 7) is 3.91. The molecule has 0 amide bonds. The molecule has 2 N–H and O–H groups in total. The van der Waals surface area contributed by atoms with Gasteiger partial charge in [0.25, 0.3) is 0 Å². The van der Waals surface area contributed by atoms with E-state index < -0.39 is 0 Å². The number of nitrogens with zero attached hydrogens (tertiary/aromatic N) is 1. The molecule has 0 aromatic carbocycles. The summed E-state index contributed by atoms with van der Waals surface area (Å²) in [6.07, 6.45) is 2.22. The Balaban J connectivity index is 2.17. The first-order valence-electron chi connectivity index (χ1n) is 5.09. The number of aryl methyl sites for hydroxylation is 1. The van der Waals surface area contributed by atoms with Gasteiger partial charge in [-0.1, -0.05) is 0 Å². The van der Waals surface area contributed by atoms with Gasteiger partial charge in [-0.05, 0) is 32.9 Å². The van der Waals surface area contributed by atoms with Crippen LogP contribution in [0.3, 0.4) is 0 Å². The van der Waals surface area contributed by atoms with Crippen LogP contribution in [0.4, 0.5) is 0 Å². The summed E-state index contributed by atoms with van der Waals surface area (Å²) in [7, 11) is 0. The normalized spacial score (nSPS) is 18.7. The van der Waals surface area contributed by atoms with Crippen LogP contribution in [0.25, 0.3) is 0 Å². The second kappa shape index (κ2) is 4.11. The topological polar surface area (TPSA) is 58.3 Å². The van der Waals surface area contributed by atoms with Crippen LogP contribution >= 0.6 is 0 Å². The van der Waals surface area contributed by atoms with Gasteiger partial charge in [0.05, 0.1) is 5.69 Å². The number of oxazole rings is 1. The van der Waals surface area contributed by atoms with Crippen molar-refractivity contribution in [3.63, 3.8) is 0 Å². The molecule has 0 unspecified atom stereocenters. The molecular formula is C10H16N2O2. The van der Waals surface area contributed by atoms with Crippen LogP contribution in [-0.4, -0.2) is 23.2 Å². The number of rotatable bonds is 2. The van der Waals surface area contributed by atoms with Crippen LogP contribution in [-0.2, 0) is 6.61 Å². The maximum absolute atomic E-state index is 8.91. The van der Waals surface area contributed by atoms with Gasteiger partial charge >= 0.3 is 0 Å². The van der Waals surface area contributed by atoms with E-state index in [1.165, 1.54) is 0 Å². The van der Waals surface area contributed by atoms with Crippen molar-refractivity contribution in [1.29, 1.82) is 0 Å². The number of hydrogen-bond acceptors (Lipinski definition) is 4. The largest absolute Gasteiger partial charge is 0.443 e. The van der Waals surface area contributed by atoms with Gasteiger partial charge in [-0.25, -0.2) is 4.98 Å². The van der Waals surface area contributed by atoms with E-state index in [0.29, 0.717) is 11.8 Å². The smallest absolute Gasteiger partial charge is 0.220 e. The minimum Gasteiger partial charge on any atom is -0.443 e. The highest BCUT2D eigenvalue weighted by Crippen LogP contribution is 2.27. The van der Waals surface area contributed by atoms with E-state index >= 15 is 0 Å². The van der Waals surface area contributed by atoms with Crippen LogP contribution in [0.15, 0.2) is 4.42 Å². The molecule has 0 spiro atoms. The van der Waals surface area contributed by atoms with Gasteiger partial charge < -0.3 is 14.8 Å². The average molecular weight is 196 g/mol. The summed E-state index contributed by atoms with van der Waals surface area (Å²) in [5.41, 5.74) is 1.04. The first-order chi connectivity index (χ1) is 6.81. The van der Waals surface area contributed by atoms with Gasteiger partial charge in [0.15, 0.2) is 0 Å². The second-order valence-corrected chi connectivity index (χ2v) is 3.73. The lowest BCUT2D eigenvalue weighted by atomic mass is 9.94. The number of aliphatic hydroxyl groups is 1. The Kier molecular flexibility index (Phi) is 2.84. The lowest BCUT2D eigenvalue weighted by molar-refractivity contribution is 0.238. The number of aliphatic hydroxyl groups excluding tert-OH is 1. The molecule has 1 fully saturated rings. The van der Waals surface area contributed by atoms with Crippen molar-refractivity contribution in [3.05, 3.63) is 17.3 Å². The molecule has 0 radical (unpaired) electrons. The second-order valence-electron chi connectivity index (χ2n) is 3.73. The maximum Gasteiger partial charge on any atom is 0.220 e. The molecule has 1 aliphatic rings. The third kappa shape index (κ3) is 1.81. The zero-order valence-electron chi connectivity index (χ0n) is 8.42. The number of aromatic nitrogens is 1. The first-order valence-corrected chi connectivity index (χ1v) is 5.09. The Bertz CT molecular complexity index is 303. The van der Waals surface area contributed by atoms with E-state index in [9.17, 15) is 0 Å². The SMILES string of the molecule is Cc1oc(CO)nc1C1CCNCC1. The molecule has 0 atom stereocenters. The van der Waals surface area contributed by atoms with Gasteiger partial charge in [-0.15, -0.1) is 0 Å². The molecule has 2 heterocycles. The van der Waals surface area contributed by atoms with Gasteiger partial charge in [-0.3, -0.25) is 0 Å². The molecule has 14 heavy (non-hydrogen) atoms. The number of hydrogen-bond donors (Lipinski definition) is 2.